The number of carboxylic acid groups (broad SMARTS) is 2. The predicted molar refractivity (Wildman–Crippen MR) is 177 cm³/mol. The first kappa shape index (κ1) is 38.0. The number of hydrogen-bond donors (Lipinski definition) is 4. The number of aryl methyl sites for hydroxylation is 2. The Bertz CT molecular complexity index is 1930. The quantitative estimate of drug-likeness (QED) is 0.112. The molecule has 0 radical (unpaired) electrons. The van der Waals surface area contributed by atoms with E-state index in [-0.39, 0.29) is 46.7 Å². The van der Waals surface area contributed by atoms with Crippen molar-refractivity contribution in [1.29, 1.82) is 0 Å². The highest BCUT2D eigenvalue weighted by atomic mass is 35.7. The van der Waals surface area contributed by atoms with Crippen LogP contribution in [0.3, 0.4) is 0 Å². The number of nitrogens with two attached hydrogens (primary N) is 1. The van der Waals surface area contributed by atoms with Crippen LogP contribution in [0.4, 0.5) is 11.4 Å². The smallest absolute Gasteiger partial charge is 0.337 e. The number of carboxylic acids is 2. The molecule has 5 N–H and O–H groups in total. The lowest BCUT2D eigenvalue weighted by Crippen LogP contribution is -2.15. The summed E-state index contributed by atoms with van der Waals surface area (Å²) >= 11 is 22.7. The van der Waals surface area contributed by atoms with Gasteiger partial charge in [-0.15, -0.1) is 0 Å². The van der Waals surface area contributed by atoms with Gasteiger partial charge in [0.2, 0.25) is 0 Å². The first-order valence-electron chi connectivity index (χ1n) is 12.0. The van der Waals surface area contributed by atoms with Crippen molar-refractivity contribution in [3.8, 4) is 0 Å². The average molecular weight is 757 g/mol. The monoisotopic (exact) mass is 754 g/mol. The van der Waals surface area contributed by atoms with Crippen molar-refractivity contribution >= 4 is 99.5 Å². The summed E-state index contributed by atoms with van der Waals surface area (Å²) in [4.78, 5) is 21.4. The molecule has 45 heavy (non-hydrogen) atoms. The van der Waals surface area contributed by atoms with Gasteiger partial charge < -0.3 is 15.9 Å². The molecule has 240 valence electrons. The third kappa shape index (κ3) is 11.9. The Balaban J connectivity index is 0.000000259. The standard InChI is InChI=1S/C14H11Cl2NO4S.C8H9NO2.C6H3Cl3O2S/c1-8-2-3-12(14(18)19)13(4-8)17-22(20,21)11-6-9(15)5-10(16)7-11;1-5-2-3-6(8(10)11)7(9)4-5;7-4-1-5(8)3-6(2-4)12(9,10)11/h2-7,17H,1H3,(H,18,19);2-4H,9H2,1H3,(H,10,11);1-3H. The summed E-state index contributed by atoms with van der Waals surface area (Å²) in [5.74, 6) is -2.22. The number of rotatable bonds is 6. The van der Waals surface area contributed by atoms with Crippen LogP contribution in [0.1, 0.15) is 31.8 Å². The minimum absolute atomic E-state index is 0.0244. The van der Waals surface area contributed by atoms with Gasteiger partial charge in [-0.3, -0.25) is 4.72 Å². The zero-order valence-electron chi connectivity index (χ0n) is 23.1. The fourth-order valence-electron chi connectivity index (χ4n) is 3.36. The number of carbonyl (C=O) groups is 2. The largest absolute Gasteiger partial charge is 0.478 e. The van der Waals surface area contributed by atoms with E-state index in [9.17, 15) is 26.4 Å². The van der Waals surface area contributed by atoms with Crippen molar-refractivity contribution in [2.75, 3.05) is 10.5 Å². The average Bonchev–Trinajstić information content (AvgIpc) is 2.87. The number of aromatic carboxylic acids is 2. The summed E-state index contributed by atoms with van der Waals surface area (Å²) in [5.41, 5.74) is 7.43. The summed E-state index contributed by atoms with van der Waals surface area (Å²) < 4.78 is 48.6. The predicted octanol–water partition coefficient (Wildman–Crippen LogP) is 8.00. The molecular weight excluding hydrogens is 734 g/mol. The Morgan fingerprint density at radius 2 is 1.04 bits per heavy atom. The number of anilines is 2. The van der Waals surface area contributed by atoms with Crippen LogP contribution in [-0.4, -0.2) is 39.0 Å². The molecule has 17 heteroatoms. The summed E-state index contributed by atoms with van der Waals surface area (Å²) in [7, 11) is -2.70. The molecular formula is C28H23Cl5N2O8S2. The number of halogens is 5. The van der Waals surface area contributed by atoms with E-state index >= 15 is 0 Å². The van der Waals surface area contributed by atoms with Crippen molar-refractivity contribution in [2.24, 2.45) is 0 Å². The van der Waals surface area contributed by atoms with Gasteiger partial charge in [0.05, 0.1) is 26.6 Å². The first-order chi connectivity index (χ1) is 20.7. The Morgan fingerprint density at radius 3 is 1.44 bits per heavy atom. The van der Waals surface area contributed by atoms with Crippen LogP contribution in [0.25, 0.3) is 0 Å². The highest BCUT2D eigenvalue weighted by molar-refractivity contribution is 8.13. The van der Waals surface area contributed by atoms with Crippen molar-refractivity contribution in [2.45, 2.75) is 23.6 Å². The maximum absolute atomic E-state index is 12.4. The number of hydrogen-bond acceptors (Lipinski definition) is 7. The Kier molecular flexibility index (Phi) is 13.4. The van der Waals surface area contributed by atoms with E-state index in [1.165, 1.54) is 54.6 Å². The molecule has 0 unspecified atom stereocenters. The molecule has 0 saturated carbocycles. The molecule has 0 spiro atoms. The molecule has 4 aromatic carbocycles. The van der Waals surface area contributed by atoms with Crippen LogP contribution in [0.5, 0.6) is 0 Å². The summed E-state index contributed by atoms with van der Waals surface area (Å²) in [5, 5.41) is 18.5. The number of sulfonamides is 1. The fourth-order valence-corrected chi connectivity index (χ4v) is 6.62. The second kappa shape index (κ2) is 15.9. The molecule has 0 atom stereocenters. The zero-order valence-corrected chi connectivity index (χ0v) is 28.5. The zero-order chi connectivity index (χ0) is 34.3. The normalized spacial score (nSPS) is 10.9. The minimum Gasteiger partial charge on any atom is -0.478 e. The minimum atomic E-state index is -4.01. The number of nitrogens with one attached hydrogen (secondary N) is 1. The maximum Gasteiger partial charge on any atom is 0.337 e. The second-order valence-corrected chi connectivity index (χ2v) is 15.0. The van der Waals surface area contributed by atoms with Gasteiger partial charge in [0.25, 0.3) is 19.1 Å². The van der Waals surface area contributed by atoms with Gasteiger partial charge in [-0.25, -0.2) is 26.4 Å². The number of nitrogen functional groups attached to an aromatic ring is 1. The fraction of sp³-hybridized carbons (Fsp3) is 0.0714. The molecule has 0 aliphatic carbocycles. The summed E-state index contributed by atoms with van der Waals surface area (Å²) in [6, 6.07) is 17.0. The summed E-state index contributed by atoms with van der Waals surface area (Å²) in [6.07, 6.45) is 0. The van der Waals surface area contributed by atoms with Crippen LogP contribution >= 0.6 is 57.1 Å². The van der Waals surface area contributed by atoms with Gasteiger partial charge in [0, 0.05) is 36.5 Å². The first-order valence-corrected chi connectivity index (χ1v) is 17.3. The topological polar surface area (TPSA) is 181 Å². The van der Waals surface area contributed by atoms with E-state index < -0.39 is 31.0 Å². The van der Waals surface area contributed by atoms with Crippen LogP contribution in [0, 0.1) is 13.8 Å². The van der Waals surface area contributed by atoms with Crippen LogP contribution < -0.4 is 10.5 Å². The lowest BCUT2D eigenvalue weighted by atomic mass is 10.1. The SMILES string of the molecule is Cc1ccc(C(=O)O)c(N)c1.Cc1ccc(C(=O)O)c(NS(=O)(=O)c2cc(Cl)cc(Cl)c2)c1.O=S(=O)(Cl)c1cc(Cl)cc(Cl)c1. The third-order valence-electron chi connectivity index (χ3n) is 5.35. The third-order valence-corrected chi connectivity index (χ3v) is 8.90. The van der Waals surface area contributed by atoms with E-state index in [1.807, 2.05) is 6.92 Å². The molecule has 0 aromatic heterocycles. The van der Waals surface area contributed by atoms with E-state index in [2.05, 4.69) is 4.72 Å². The van der Waals surface area contributed by atoms with Crippen molar-refractivity contribution < 1.29 is 36.6 Å². The lowest BCUT2D eigenvalue weighted by molar-refractivity contribution is 0.0687. The molecule has 10 nitrogen and oxygen atoms in total. The molecule has 4 aromatic rings. The van der Waals surface area contributed by atoms with Crippen molar-refractivity contribution in [1.82, 2.24) is 0 Å². The maximum atomic E-state index is 12.4. The van der Waals surface area contributed by atoms with Crippen LogP contribution in [0.2, 0.25) is 20.1 Å². The van der Waals surface area contributed by atoms with Gasteiger partial charge in [0.15, 0.2) is 0 Å². The molecule has 0 heterocycles. The number of benzene rings is 4. The molecule has 0 saturated heterocycles. The van der Waals surface area contributed by atoms with Crippen LogP contribution in [-0.2, 0) is 19.1 Å². The van der Waals surface area contributed by atoms with Gasteiger partial charge in [-0.1, -0.05) is 58.5 Å². The summed E-state index contributed by atoms with van der Waals surface area (Å²) in [6.45, 7) is 3.58. The highest BCUT2D eigenvalue weighted by Gasteiger charge is 2.20. The van der Waals surface area contributed by atoms with E-state index in [4.69, 9.17) is 73.0 Å². The molecule has 0 fully saturated rings. The van der Waals surface area contributed by atoms with Gasteiger partial charge in [-0.2, -0.15) is 0 Å². The molecule has 0 aliphatic rings. The van der Waals surface area contributed by atoms with Crippen LogP contribution in [0.15, 0.2) is 82.6 Å². The Morgan fingerprint density at radius 1 is 0.644 bits per heavy atom. The van der Waals surface area contributed by atoms with Gasteiger partial charge in [-0.05, 0) is 85.6 Å². The second-order valence-electron chi connectivity index (χ2n) is 9.00. The van der Waals surface area contributed by atoms with E-state index in [0.29, 0.717) is 11.3 Å². The Labute approximate surface area is 283 Å². The lowest BCUT2D eigenvalue weighted by Gasteiger charge is -2.12. The Hall–Kier alpha value is -3.23. The molecule has 0 bridgehead atoms. The van der Waals surface area contributed by atoms with Gasteiger partial charge in [0.1, 0.15) is 0 Å². The molecule has 0 amide bonds. The van der Waals surface area contributed by atoms with E-state index in [1.54, 1.807) is 25.1 Å². The van der Waals surface area contributed by atoms with Crippen molar-refractivity contribution in [3.05, 3.63) is 115 Å². The van der Waals surface area contributed by atoms with Gasteiger partial charge >= 0.3 is 11.9 Å². The highest BCUT2D eigenvalue weighted by Crippen LogP contribution is 2.27. The molecule has 4 rings (SSSR count). The molecule has 0 aliphatic heterocycles. The van der Waals surface area contributed by atoms with Crippen molar-refractivity contribution in [3.63, 3.8) is 0 Å². The van der Waals surface area contributed by atoms with E-state index in [0.717, 1.165) is 5.56 Å².